The van der Waals surface area contributed by atoms with Gasteiger partial charge in [0, 0.05) is 0 Å². The lowest BCUT2D eigenvalue weighted by Gasteiger charge is -2.23. The number of oxime groups is 1. The van der Waals surface area contributed by atoms with Gasteiger partial charge in [0.15, 0.2) is 5.60 Å². The van der Waals surface area contributed by atoms with E-state index in [-0.39, 0.29) is 0 Å². The maximum absolute atomic E-state index is 5.64. The van der Waals surface area contributed by atoms with Crippen molar-refractivity contribution < 1.29 is 9.57 Å². The Morgan fingerprint density at radius 2 is 1.95 bits per heavy atom. The van der Waals surface area contributed by atoms with Crippen molar-refractivity contribution in [1.82, 2.24) is 0 Å². The predicted octanol–water partition coefficient (Wildman–Crippen LogP) is 4.82. The van der Waals surface area contributed by atoms with Crippen molar-refractivity contribution in [1.29, 1.82) is 0 Å². The highest BCUT2D eigenvalue weighted by molar-refractivity contribution is 5.79. The van der Waals surface area contributed by atoms with Gasteiger partial charge in [-0.1, -0.05) is 32.0 Å². The van der Waals surface area contributed by atoms with Crippen LogP contribution in [-0.4, -0.2) is 18.9 Å². The van der Waals surface area contributed by atoms with Gasteiger partial charge in [0.25, 0.3) is 0 Å². The zero-order valence-corrected chi connectivity index (χ0v) is 13.6. The first-order chi connectivity index (χ1) is 9.99. The Morgan fingerprint density at radius 1 is 1.29 bits per heavy atom. The first-order valence-electron chi connectivity index (χ1n) is 7.48. The van der Waals surface area contributed by atoms with Crippen LogP contribution in [0.3, 0.4) is 0 Å². The molecular weight excluding hydrogens is 262 g/mol. The Hall–Kier alpha value is -1.77. The summed E-state index contributed by atoms with van der Waals surface area (Å²) in [4.78, 5) is 5.64. The van der Waals surface area contributed by atoms with Gasteiger partial charge in [0.1, 0.15) is 5.75 Å². The normalized spacial score (nSPS) is 14.1. The van der Waals surface area contributed by atoms with Crippen LogP contribution >= 0.6 is 0 Å². The summed E-state index contributed by atoms with van der Waals surface area (Å²) in [5, 5.41) is 4.10. The second-order valence-electron chi connectivity index (χ2n) is 5.90. The highest BCUT2D eigenvalue weighted by atomic mass is 16.6. The van der Waals surface area contributed by atoms with Crippen LogP contribution < -0.4 is 4.74 Å². The molecule has 0 aliphatic carbocycles. The van der Waals surface area contributed by atoms with E-state index in [1.54, 1.807) is 13.3 Å². The van der Waals surface area contributed by atoms with E-state index in [0.717, 1.165) is 24.2 Å². The summed E-state index contributed by atoms with van der Waals surface area (Å²) in [6.45, 7) is 10.3. The second kappa shape index (κ2) is 8.50. The molecule has 0 N–H and O–H groups in total. The molecule has 1 rings (SSSR count). The van der Waals surface area contributed by atoms with Crippen LogP contribution in [0.25, 0.3) is 0 Å². The van der Waals surface area contributed by atoms with Crippen molar-refractivity contribution in [3.63, 3.8) is 0 Å². The molecule has 3 nitrogen and oxygen atoms in total. The Labute approximate surface area is 128 Å². The standard InChI is InChI=1S/C18H27NO2/c1-6-18(4,13-7-8-15(2)3)21-19-14-16-9-11-17(20-5)12-10-16/h6,9-12,14-15H,1,7-8,13H2,2-5H3. The lowest BCUT2D eigenvalue weighted by molar-refractivity contribution is 0.00224. The van der Waals surface area contributed by atoms with E-state index < -0.39 is 5.60 Å². The van der Waals surface area contributed by atoms with Gasteiger partial charge in [-0.05, 0) is 61.6 Å². The largest absolute Gasteiger partial charge is 0.497 e. The van der Waals surface area contributed by atoms with Gasteiger partial charge in [0.05, 0.1) is 13.3 Å². The maximum Gasteiger partial charge on any atom is 0.152 e. The van der Waals surface area contributed by atoms with E-state index >= 15 is 0 Å². The van der Waals surface area contributed by atoms with Gasteiger partial charge in [-0.15, -0.1) is 0 Å². The zero-order chi connectivity index (χ0) is 15.7. The fourth-order valence-corrected chi connectivity index (χ4v) is 1.94. The summed E-state index contributed by atoms with van der Waals surface area (Å²) in [6.07, 6.45) is 6.77. The minimum atomic E-state index is -0.405. The summed E-state index contributed by atoms with van der Waals surface area (Å²) in [5.74, 6) is 1.54. The van der Waals surface area contributed by atoms with Crippen molar-refractivity contribution in [2.24, 2.45) is 11.1 Å². The van der Waals surface area contributed by atoms with Crippen LogP contribution in [0, 0.1) is 5.92 Å². The van der Waals surface area contributed by atoms with Gasteiger partial charge >= 0.3 is 0 Å². The van der Waals surface area contributed by atoms with Crippen LogP contribution in [0.2, 0.25) is 0 Å². The quantitative estimate of drug-likeness (QED) is 0.371. The third-order valence-corrected chi connectivity index (χ3v) is 3.47. The monoisotopic (exact) mass is 289 g/mol. The summed E-state index contributed by atoms with van der Waals surface area (Å²) in [7, 11) is 1.65. The molecular formula is C18H27NO2. The molecule has 0 amide bonds. The van der Waals surface area contributed by atoms with Crippen molar-refractivity contribution in [2.45, 2.75) is 45.6 Å². The number of ether oxygens (including phenoxy) is 1. The second-order valence-corrected chi connectivity index (χ2v) is 5.90. The topological polar surface area (TPSA) is 30.8 Å². The average Bonchev–Trinajstić information content (AvgIpc) is 2.47. The molecule has 0 fully saturated rings. The van der Waals surface area contributed by atoms with E-state index in [0.29, 0.717) is 5.92 Å². The van der Waals surface area contributed by atoms with Crippen LogP contribution in [-0.2, 0) is 4.84 Å². The zero-order valence-electron chi connectivity index (χ0n) is 13.6. The predicted molar refractivity (Wildman–Crippen MR) is 89.0 cm³/mol. The first-order valence-corrected chi connectivity index (χ1v) is 7.48. The minimum absolute atomic E-state index is 0.405. The molecule has 0 aromatic heterocycles. The molecule has 116 valence electrons. The molecule has 0 saturated heterocycles. The maximum atomic E-state index is 5.64. The Bertz CT molecular complexity index is 451. The minimum Gasteiger partial charge on any atom is -0.497 e. The molecule has 0 radical (unpaired) electrons. The van der Waals surface area contributed by atoms with Crippen LogP contribution in [0.15, 0.2) is 42.1 Å². The Balaban J connectivity index is 2.52. The number of nitrogens with zero attached hydrogens (tertiary/aromatic N) is 1. The molecule has 0 bridgehead atoms. The molecule has 1 aromatic rings. The molecule has 21 heavy (non-hydrogen) atoms. The van der Waals surface area contributed by atoms with E-state index in [1.807, 2.05) is 37.3 Å². The summed E-state index contributed by atoms with van der Waals surface area (Å²) in [5.41, 5.74) is 0.571. The van der Waals surface area contributed by atoms with Crippen LogP contribution in [0.5, 0.6) is 5.75 Å². The summed E-state index contributed by atoms with van der Waals surface area (Å²) < 4.78 is 5.12. The molecule has 1 atom stereocenters. The Morgan fingerprint density at radius 3 is 2.48 bits per heavy atom. The van der Waals surface area contributed by atoms with Gasteiger partial charge in [0.2, 0.25) is 0 Å². The van der Waals surface area contributed by atoms with Crippen molar-refractivity contribution in [3.05, 3.63) is 42.5 Å². The van der Waals surface area contributed by atoms with Gasteiger partial charge in [-0.2, -0.15) is 0 Å². The molecule has 1 unspecified atom stereocenters. The molecule has 0 saturated carbocycles. The third kappa shape index (κ3) is 6.48. The summed E-state index contributed by atoms with van der Waals surface area (Å²) in [6, 6.07) is 7.68. The molecule has 3 heteroatoms. The number of rotatable bonds is 9. The Kier molecular flexibility index (Phi) is 7.00. The van der Waals surface area contributed by atoms with E-state index in [2.05, 4.69) is 25.6 Å². The fourth-order valence-electron chi connectivity index (χ4n) is 1.94. The number of hydrogen-bond acceptors (Lipinski definition) is 3. The molecule has 0 aliphatic rings. The number of methoxy groups -OCH3 is 1. The van der Waals surface area contributed by atoms with Crippen molar-refractivity contribution in [3.8, 4) is 5.75 Å². The molecule has 0 spiro atoms. The highest BCUT2D eigenvalue weighted by Crippen LogP contribution is 2.22. The molecule has 1 aromatic carbocycles. The first kappa shape index (κ1) is 17.3. The van der Waals surface area contributed by atoms with Crippen molar-refractivity contribution in [2.75, 3.05) is 7.11 Å². The molecule has 0 heterocycles. The summed E-state index contributed by atoms with van der Waals surface area (Å²) >= 11 is 0. The van der Waals surface area contributed by atoms with Crippen LogP contribution in [0.4, 0.5) is 0 Å². The SMILES string of the molecule is C=CC(C)(CCCC(C)C)ON=Cc1ccc(OC)cc1. The lowest BCUT2D eigenvalue weighted by atomic mass is 9.96. The molecule has 0 aliphatic heterocycles. The van der Waals surface area contributed by atoms with Gasteiger partial charge in [-0.25, -0.2) is 0 Å². The fraction of sp³-hybridized carbons (Fsp3) is 0.500. The van der Waals surface area contributed by atoms with E-state index in [9.17, 15) is 0 Å². The highest BCUT2D eigenvalue weighted by Gasteiger charge is 2.21. The number of benzene rings is 1. The van der Waals surface area contributed by atoms with Gasteiger partial charge in [-0.3, -0.25) is 0 Å². The lowest BCUT2D eigenvalue weighted by Crippen LogP contribution is -2.23. The van der Waals surface area contributed by atoms with E-state index in [4.69, 9.17) is 9.57 Å². The van der Waals surface area contributed by atoms with Crippen LogP contribution in [0.1, 0.15) is 45.6 Å². The number of hydrogen-bond donors (Lipinski definition) is 0. The van der Waals surface area contributed by atoms with Gasteiger partial charge < -0.3 is 9.57 Å². The average molecular weight is 289 g/mol. The third-order valence-electron chi connectivity index (χ3n) is 3.47. The van der Waals surface area contributed by atoms with E-state index in [1.165, 1.54) is 6.42 Å². The smallest absolute Gasteiger partial charge is 0.152 e. The van der Waals surface area contributed by atoms with Crippen molar-refractivity contribution >= 4 is 6.21 Å².